The number of carbonyl (C=O) groups excluding carboxylic acids is 1. The van der Waals surface area contributed by atoms with E-state index in [4.69, 9.17) is 28.2 Å². The fourth-order valence-corrected chi connectivity index (χ4v) is 10.7. The lowest BCUT2D eigenvalue weighted by Gasteiger charge is -2.40. The first kappa shape index (κ1) is 35.9. The smallest absolute Gasteiger partial charge is 0.369 e. The third kappa shape index (κ3) is 5.52. The quantitative estimate of drug-likeness (QED) is 0.165. The maximum atomic E-state index is 17.3. The fraction of sp³-hybridized carbons (Fsp3) is 0.429. The second-order valence-electron chi connectivity index (χ2n) is 16.2. The minimum atomic E-state index is -4.58. The van der Waals surface area contributed by atoms with Crippen molar-refractivity contribution in [1.29, 1.82) is 5.26 Å². The second-order valence-corrected chi connectivity index (χ2v) is 17.0. The SMILES string of the molecule is Cc1nc2c(F)c(-c3cccc(Cl)c3Cl)c(CCC#N)cc2c2c1cc([C@H]1[C@H]3C[C@H](CN(c4ccnc(C(F)(F)F)c4)C3)N1C(=O)C1CC1)n2[C@H]1[C@H]2CN[C@@H]1C2. The Kier molecular flexibility index (Phi) is 8.37. The number of fused-ring (bicyclic) bond motifs is 6. The van der Waals surface area contributed by atoms with Gasteiger partial charge in [0.15, 0.2) is 5.82 Å². The van der Waals surface area contributed by atoms with Crippen LogP contribution in [0.5, 0.6) is 0 Å². The average molecular weight is 803 g/mol. The Balaban J connectivity index is 1.19. The highest BCUT2D eigenvalue weighted by atomic mass is 35.5. The number of nitrogens with zero attached hydrogens (tertiary/aromatic N) is 6. The highest BCUT2D eigenvalue weighted by Crippen LogP contribution is 2.54. The number of piperidine rings is 1. The van der Waals surface area contributed by atoms with E-state index in [1.54, 1.807) is 24.3 Å². The zero-order valence-electron chi connectivity index (χ0n) is 30.4. The van der Waals surface area contributed by atoms with Crippen LogP contribution in [0.15, 0.2) is 48.7 Å². The fourth-order valence-electron chi connectivity index (χ4n) is 10.3. The molecular weight excluding hydrogens is 765 g/mol. The van der Waals surface area contributed by atoms with E-state index in [9.17, 15) is 23.2 Å². The highest BCUT2D eigenvalue weighted by Gasteiger charge is 2.55. The number of aromatic nitrogens is 3. The first-order valence-corrected chi connectivity index (χ1v) is 20.0. The van der Waals surface area contributed by atoms with Gasteiger partial charge in [-0.3, -0.25) is 9.78 Å². The molecule has 0 unspecified atom stereocenters. The zero-order chi connectivity index (χ0) is 38.8. The molecule has 4 bridgehead atoms. The molecule has 2 aliphatic carbocycles. The largest absolute Gasteiger partial charge is 0.433 e. The summed E-state index contributed by atoms with van der Waals surface area (Å²) in [6, 6.07) is 13.8. The molecule has 4 aliphatic heterocycles. The Morgan fingerprint density at radius 2 is 1.89 bits per heavy atom. The summed E-state index contributed by atoms with van der Waals surface area (Å²) in [6.45, 7) is 3.59. The lowest BCUT2D eigenvalue weighted by Crippen LogP contribution is -2.45. The van der Waals surface area contributed by atoms with E-state index < -0.39 is 17.7 Å². The van der Waals surface area contributed by atoms with Crippen molar-refractivity contribution in [2.75, 3.05) is 24.5 Å². The summed E-state index contributed by atoms with van der Waals surface area (Å²) >= 11 is 13.1. The molecule has 6 aliphatic rings. The van der Waals surface area contributed by atoms with Gasteiger partial charge in [0, 0.05) is 89.1 Å². The van der Waals surface area contributed by atoms with Crippen LogP contribution in [0.1, 0.15) is 66.8 Å². The summed E-state index contributed by atoms with van der Waals surface area (Å²) in [7, 11) is 0. The van der Waals surface area contributed by atoms with Gasteiger partial charge < -0.3 is 19.7 Å². The number of rotatable bonds is 7. The Bertz CT molecular complexity index is 2500. The van der Waals surface area contributed by atoms with E-state index in [-0.39, 0.29) is 75.9 Å². The van der Waals surface area contributed by atoms with E-state index in [0.717, 1.165) is 54.9 Å². The number of likely N-dealkylation sites (tertiary alicyclic amines) is 1. The van der Waals surface area contributed by atoms with Gasteiger partial charge in [-0.25, -0.2) is 9.37 Å². The molecule has 7 heterocycles. The topological polar surface area (TPSA) is 90.1 Å². The lowest BCUT2D eigenvalue weighted by molar-refractivity contribution is -0.141. The van der Waals surface area contributed by atoms with E-state index in [1.807, 2.05) is 17.9 Å². The molecule has 3 aromatic heterocycles. The number of nitriles is 1. The molecule has 0 radical (unpaired) electrons. The Labute approximate surface area is 330 Å². The molecule has 2 aromatic carbocycles. The standard InChI is InChI=1S/C42H37Cl2F4N7O/c1-20-28-16-32(39-24-12-26(54(39)41(56)21-7-8-21)19-53(18-24)25-9-11-50-33(15-25)42(46,47)48)55(38-23-14-31(38)51-17-23)40(28)29-13-22(4-3-10-49)34(36(45)37(29)52-20)27-5-2-6-30(43)35(27)44/h2,5-6,9,11,13,15-16,21,23-24,26,31,38-39,51H,3-4,7-8,12,14,17-19H2,1H3/t23-,24+,26-,31-,38+,39-/m1/s1. The van der Waals surface area contributed by atoms with Crippen LogP contribution in [-0.4, -0.2) is 57.1 Å². The number of alkyl halides is 3. The van der Waals surface area contributed by atoms with Crippen molar-refractivity contribution in [3.05, 3.63) is 87.2 Å². The van der Waals surface area contributed by atoms with E-state index >= 15 is 4.39 Å². The van der Waals surface area contributed by atoms with E-state index in [0.29, 0.717) is 46.9 Å². The number of anilines is 1. The van der Waals surface area contributed by atoms with Gasteiger partial charge in [0.05, 0.1) is 39.8 Å². The summed E-state index contributed by atoms with van der Waals surface area (Å²) in [6.07, 6.45) is 0.419. The van der Waals surface area contributed by atoms with Gasteiger partial charge in [0.2, 0.25) is 5.91 Å². The normalized spacial score (nSPS) is 25.6. The minimum Gasteiger partial charge on any atom is -0.369 e. The van der Waals surface area contributed by atoms with Gasteiger partial charge in [-0.05, 0) is 80.8 Å². The van der Waals surface area contributed by atoms with Gasteiger partial charge in [-0.15, -0.1) is 0 Å². The Hall–Kier alpha value is -4.44. The number of hydrogen-bond donors (Lipinski definition) is 1. The van der Waals surface area contributed by atoms with Gasteiger partial charge >= 0.3 is 6.18 Å². The average Bonchev–Trinajstić information content (AvgIpc) is 3.46. The van der Waals surface area contributed by atoms with Crippen LogP contribution < -0.4 is 10.2 Å². The summed E-state index contributed by atoms with van der Waals surface area (Å²) in [5.41, 5.74) is 3.42. The molecule has 4 saturated heterocycles. The van der Waals surface area contributed by atoms with Crippen molar-refractivity contribution < 1.29 is 22.4 Å². The number of pyridine rings is 2. The predicted molar refractivity (Wildman–Crippen MR) is 206 cm³/mol. The van der Waals surface area contributed by atoms with Gasteiger partial charge in [0.1, 0.15) is 11.2 Å². The van der Waals surface area contributed by atoms with Crippen LogP contribution in [0.4, 0.5) is 23.2 Å². The molecular formula is C42H37Cl2F4N7O. The molecule has 56 heavy (non-hydrogen) atoms. The third-order valence-electron chi connectivity index (χ3n) is 12.9. The van der Waals surface area contributed by atoms with Crippen LogP contribution in [-0.2, 0) is 17.4 Å². The zero-order valence-corrected chi connectivity index (χ0v) is 31.9. The first-order valence-electron chi connectivity index (χ1n) is 19.2. The molecule has 288 valence electrons. The molecule has 8 nitrogen and oxygen atoms in total. The third-order valence-corrected chi connectivity index (χ3v) is 13.7. The molecule has 5 aromatic rings. The molecule has 1 N–H and O–H groups in total. The molecule has 1 amide bonds. The Morgan fingerprint density at radius 1 is 1.07 bits per heavy atom. The van der Waals surface area contributed by atoms with Crippen molar-refractivity contribution in [3.63, 3.8) is 0 Å². The van der Waals surface area contributed by atoms with E-state index in [2.05, 4.69) is 31.9 Å². The number of halogens is 6. The highest BCUT2D eigenvalue weighted by molar-refractivity contribution is 6.43. The summed E-state index contributed by atoms with van der Waals surface area (Å²) in [5.74, 6) is -0.268. The molecule has 14 heteroatoms. The van der Waals surface area contributed by atoms with Crippen LogP contribution in [0.3, 0.4) is 0 Å². The van der Waals surface area contributed by atoms with Gasteiger partial charge in [-0.2, -0.15) is 18.4 Å². The molecule has 0 spiro atoms. The van der Waals surface area contributed by atoms with Crippen molar-refractivity contribution in [1.82, 2.24) is 24.8 Å². The van der Waals surface area contributed by atoms with Crippen LogP contribution in [0.2, 0.25) is 10.0 Å². The van der Waals surface area contributed by atoms with Crippen molar-refractivity contribution in [3.8, 4) is 17.2 Å². The predicted octanol–water partition coefficient (Wildman–Crippen LogP) is 9.20. The van der Waals surface area contributed by atoms with Crippen LogP contribution in [0, 0.1) is 41.8 Å². The lowest BCUT2D eigenvalue weighted by atomic mass is 9.79. The minimum absolute atomic E-state index is 0.0455. The molecule has 6 fully saturated rings. The monoisotopic (exact) mass is 801 g/mol. The summed E-state index contributed by atoms with van der Waals surface area (Å²) < 4.78 is 61.0. The maximum Gasteiger partial charge on any atom is 0.433 e. The maximum absolute atomic E-state index is 17.3. The molecule has 2 saturated carbocycles. The Morgan fingerprint density at radius 3 is 2.61 bits per heavy atom. The number of nitrogens with one attached hydrogen (secondary N) is 1. The van der Waals surface area contributed by atoms with Gasteiger partial charge in [0.25, 0.3) is 0 Å². The van der Waals surface area contributed by atoms with Crippen molar-refractivity contribution in [2.45, 2.75) is 75.8 Å². The van der Waals surface area contributed by atoms with Crippen LogP contribution >= 0.6 is 23.2 Å². The van der Waals surface area contributed by atoms with Crippen LogP contribution in [0.25, 0.3) is 32.9 Å². The van der Waals surface area contributed by atoms with Gasteiger partial charge in [-0.1, -0.05) is 35.3 Å². The number of aryl methyl sites for hydroxylation is 2. The molecule has 11 rings (SSSR count). The number of hydrogen-bond acceptors (Lipinski definition) is 6. The summed E-state index contributed by atoms with van der Waals surface area (Å²) in [5, 5.41) is 15.3. The first-order chi connectivity index (χ1) is 26.9. The van der Waals surface area contributed by atoms with E-state index in [1.165, 1.54) is 6.20 Å². The molecule has 6 atom stereocenters. The number of amides is 1. The summed E-state index contributed by atoms with van der Waals surface area (Å²) in [4.78, 5) is 26.9. The van der Waals surface area contributed by atoms with Crippen molar-refractivity contribution >= 4 is 56.6 Å². The second kappa shape index (κ2) is 13.0. The number of benzene rings is 2. The van der Waals surface area contributed by atoms with Crippen molar-refractivity contribution in [2.24, 2.45) is 17.8 Å². The number of carbonyl (C=O) groups is 1.